The maximum atomic E-state index is 13.7. The Balaban J connectivity index is 0.00000353. The van der Waals surface area contributed by atoms with E-state index in [1.165, 1.54) is 11.3 Å². The van der Waals surface area contributed by atoms with E-state index in [1.54, 1.807) is 42.5 Å². The highest BCUT2D eigenvalue weighted by Crippen LogP contribution is 2.30. The summed E-state index contributed by atoms with van der Waals surface area (Å²) in [6, 6.07) is 13.3. The molecule has 0 aliphatic carbocycles. The number of hydrogen-bond donors (Lipinski definition) is 2. The van der Waals surface area contributed by atoms with Gasteiger partial charge in [-0.1, -0.05) is 25.5 Å². The van der Waals surface area contributed by atoms with Crippen molar-refractivity contribution in [2.75, 3.05) is 25.9 Å². The number of rotatable bonds is 8. The summed E-state index contributed by atoms with van der Waals surface area (Å²) in [6.07, 6.45) is 4.82. The number of pyridine rings is 1. The van der Waals surface area contributed by atoms with E-state index in [-0.39, 0.29) is 29.6 Å². The molecule has 1 amide bonds. The van der Waals surface area contributed by atoms with E-state index < -0.39 is 16.1 Å². The van der Waals surface area contributed by atoms with Crippen LogP contribution in [0.15, 0.2) is 59.6 Å². The van der Waals surface area contributed by atoms with Gasteiger partial charge in [0.2, 0.25) is 15.9 Å². The number of amides is 1. The van der Waals surface area contributed by atoms with E-state index in [1.807, 2.05) is 24.3 Å². The van der Waals surface area contributed by atoms with Crippen molar-refractivity contribution in [3.63, 3.8) is 0 Å². The van der Waals surface area contributed by atoms with Crippen LogP contribution in [-0.4, -0.2) is 50.5 Å². The van der Waals surface area contributed by atoms with Crippen molar-refractivity contribution in [3.05, 3.63) is 59.6 Å². The first kappa shape index (κ1) is 29.1. The van der Waals surface area contributed by atoms with Gasteiger partial charge in [-0.2, -0.15) is 4.72 Å². The fourth-order valence-corrected chi connectivity index (χ4v) is 7.39. The van der Waals surface area contributed by atoms with Crippen molar-refractivity contribution in [3.8, 4) is 5.75 Å². The summed E-state index contributed by atoms with van der Waals surface area (Å²) in [5.41, 5.74) is 6.05. The largest absolute Gasteiger partial charge is 0.497 e. The molecule has 0 bridgehead atoms. The van der Waals surface area contributed by atoms with E-state index in [4.69, 9.17) is 10.5 Å². The molecule has 11 heteroatoms. The molecule has 39 heavy (non-hydrogen) atoms. The van der Waals surface area contributed by atoms with Crippen LogP contribution in [0.25, 0.3) is 20.9 Å². The zero-order valence-electron chi connectivity index (χ0n) is 21.9. The quantitative estimate of drug-likeness (QED) is 0.299. The number of nitrogens with zero attached hydrogens (tertiary/aromatic N) is 2. The van der Waals surface area contributed by atoms with Crippen LogP contribution in [0.1, 0.15) is 31.1 Å². The number of nitrogens with one attached hydrogen (secondary N) is 1. The first-order chi connectivity index (χ1) is 18.3. The number of carbonyl (C=O) groups is 1. The summed E-state index contributed by atoms with van der Waals surface area (Å²) in [4.78, 5) is 20.7. The van der Waals surface area contributed by atoms with Crippen LogP contribution >= 0.6 is 23.7 Å². The Kier molecular flexibility index (Phi) is 9.00. The summed E-state index contributed by atoms with van der Waals surface area (Å²) in [7, 11) is -2.43. The molecule has 8 nitrogen and oxygen atoms in total. The van der Waals surface area contributed by atoms with Crippen molar-refractivity contribution < 1.29 is 17.9 Å². The molecule has 1 aliphatic rings. The fraction of sp³-hybridized carbons (Fsp3) is 0.357. The number of fused-ring (bicyclic) bond motifs is 2. The van der Waals surface area contributed by atoms with Crippen LogP contribution in [0.4, 0.5) is 5.82 Å². The average molecular weight is 589 g/mol. The minimum atomic E-state index is -4.00. The highest BCUT2D eigenvalue weighted by atomic mass is 35.5. The number of methoxy groups -OCH3 is 1. The molecule has 1 atom stereocenters. The number of carbonyl (C=O) groups excluding carboxylic acids is 1. The third-order valence-electron chi connectivity index (χ3n) is 7.36. The molecule has 3 N–H and O–H groups in total. The highest BCUT2D eigenvalue weighted by molar-refractivity contribution is 7.89. The van der Waals surface area contributed by atoms with Crippen LogP contribution < -0.4 is 15.2 Å². The van der Waals surface area contributed by atoms with E-state index in [0.29, 0.717) is 30.6 Å². The summed E-state index contributed by atoms with van der Waals surface area (Å²) in [5, 5.41) is 2.45. The molecule has 3 heterocycles. The second-order valence-corrected chi connectivity index (χ2v) is 12.6. The Labute approximate surface area is 239 Å². The third kappa shape index (κ3) is 6.30. The molecular weight excluding hydrogens is 556 g/mol. The zero-order valence-corrected chi connectivity index (χ0v) is 24.4. The van der Waals surface area contributed by atoms with Gasteiger partial charge < -0.3 is 15.4 Å². The molecule has 0 spiro atoms. The van der Waals surface area contributed by atoms with E-state index in [9.17, 15) is 13.2 Å². The van der Waals surface area contributed by atoms with Crippen LogP contribution in [0.2, 0.25) is 0 Å². The van der Waals surface area contributed by atoms with Crippen LogP contribution in [0.5, 0.6) is 5.75 Å². The van der Waals surface area contributed by atoms with Gasteiger partial charge in [0.15, 0.2) is 0 Å². The Morgan fingerprint density at radius 1 is 1.15 bits per heavy atom. The Morgan fingerprint density at radius 3 is 2.59 bits per heavy atom. The van der Waals surface area contributed by atoms with Crippen molar-refractivity contribution >= 4 is 66.4 Å². The fourth-order valence-electron chi connectivity index (χ4n) is 5.05. The summed E-state index contributed by atoms with van der Waals surface area (Å²) < 4.78 is 36.2. The molecule has 0 radical (unpaired) electrons. The monoisotopic (exact) mass is 588 g/mol. The lowest BCUT2D eigenvalue weighted by Gasteiger charge is -2.34. The van der Waals surface area contributed by atoms with Crippen LogP contribution in [-0.2, 0) is 21.2 Å². The number of aromatic nitrogens is 1. The number of sulfonamides is 1. The minimum Gasteiger partial charge on any atom is -0.497 e. The summed E-state index contributed by atoms with van der Waals surface area (Å²) >= 11 is 1.50. The zero-order chi connectivity index (χ0) is 26.9. The number of hydrogen-bond acceptors (Lipinski definition) is 7. The lowest BCUT2D eigenvalue weighted by molar-refractivity contribution is -0.134. The summed E-state index contributed by atoms with van der Waals surface area (Å²) in [6.45, 7) is 3.43. The Hall–Kier alpha value is -2.92. The molecule has 1 fully saturated rings. The molecule has 2 aromatic heterocycles. The van der Waals surface area contributed by atoms with Gasteiger partial charge in [0.25, 0.3) is 0 Å². The van der Waals surface area contributed by atoms with E-state index in [0.717, 1.165) is 45.0 Å². The van der Waals surface area contributed by atoms with Crippen molar-refractivity contribution in [1.29, 1.82) is 0 Å². The maximum Gasteiger partial charge on any atom is 0.241 e. The number of benzene rings is 2. The van der Waals surface area contributed by atoms with Crippen LogP contribution in [0, 0.1) is 5.92 Å². The lowest BCUT2D eigenvalue weighted by atomic mass is 9.94. The number of halogens is 1. The van der Waals surface area contributed by atoms with Gasteiger partial charge in [-0.15, -0.1) is 23.7 Å². The molecule has 2 aromatic carbocycles. The molecule has 208 valence electrons. The minimum absolute atomic E-state index is 0. The highest BCUT2D eigenvalue weighted by Gasteiger charge is 2.32. The molecule has 5 rings (SSSR count). The number of likely N-dealkylation sites (tertiary alicyclic amines) is 1. The molecular formula is C28H33ClN4O4S2. The van der Waals surface area contributed by atoms with Gasteiger partial charge in [0, 0.05) is 40.7 Å². The normalized spacial score (nSPS) is 15.3. The topological polar surface area (TPSA) is 115 Å². The number of ether oxygens (including phenoxy) is 1. The molecule has 1 saturated heterocycles. The molecule has 1 aliphatic heterocycles. The summed E-state index contributed by atoms with van der Waals surface area (Å²) in [5.74, 6) is 1.46. The second kappa shape index (κ2) is 12.1. The van der Waals surface area contributed by atoms with E-state index in [2.05, 4.69) is 16.6 Å². The van der Waals surface area contributed by atoms with Crippen LogP contribution in [0.3, 0.4) is 0 Å². The SMILES string of the molecule is CCC1CCN(C(=O)C(Cc2cc3c(N)nccc3s2)NS(=O)(=O)c2ccc3ccc(OC)cc3c2)CC1.Cl. The maximum absolute atomic E-state index is 13.7. The number of thiophene rings is 1. The number of nitrogens with two attached hydrogens (primary N) is 1. The third-order valence-corrected chi connectivity index (χ3v) is 9.95. The first-order valence-electron chi connectivity index (χ1n) is 12.8. The average Bonchev–Trinajstić information content (AvgIpc) is 3.35. The first-order valence-corrected chi connectivity index (χ1v) is 15.1. The second-order valence-electron chi connectivity index (χ2n) is 9.75. The van der Waals surface area contributed by atoms with Gasteiger partial charge in [0.05, 0.1) is 12.0 Å². The predicted octanol–water partition coefficient (Wildman–Crippen LogP) is 5.00. The number of nitrogen functional groups attached to an aromatic ring is 1. The van der Waals surface area contributed by atoms with Gasteiger partial charge >= 0.3 is 0 Å². The Morgan fingerprint density at radius 2 is 1.90 bits per heavy atom. The smallest absolute Gasteiger partial charge is 0.241 e. The van der Waals surface area contributed by atoms with Gasteiger partial charge in [0.1, 0.15) is 17.6 Å². The molecule has 4 aromatic rings. The van der Waals surface area contributed by atoms with Gasteiger partial charge in [-0.3, -0.25) is 4.79 Å². The Bertz CT molecular complexity index is 1580. The predicted molar refractivity (Wildman–Crippen MR) is 159 cm³/mol. The van der Waals surface area contributed by atoms with Crippen molar-refractivity contribution in [2.45, 2.75) is 43.5 Å². The number of anilines is 1. The van der Waals surface area contributed by atoms with E-state index >= 15 is 0 Å². The number of piperidine rings is 1. The van der Waals surface area contributed by atoms with Gasteiger partial charge in [-0.05, 0) is 65.9 Å². The molecule has 0 saturated carbocycles. The van der Waals surface area contributed by atoms with Crippen molar-refractivity contribution in [1.82, 2.24) is 14.6 Å². The lowest BCUT2D eigenvalue weighted by Crippen LogP contribution is -2.51. The molecule has 1 unspecified atom stereocenters. The van der Waals surface area contributed by atoms with Crippen molar-refractivity contribution in [2.24, 2.45) is 5.92 Å². The standard InChI is InChI=1S/C28H32N4O4S2.ClH/c1-3-18-9-12-32(13-10-18)28(33)25(17-22-16-24-26(37-22)8-11-30-27(24)29)31-38(34,35)23-7-5-19-4-6-21(36-2)14-20(19)15-23;/h4-8,11,14-16,18,25,31H,3,9-10,12-13,17H2,1-2H3,(H2,29,30);1H. The van der Waals surface area contributed by atoms with Gasteiger partial charge in [-0.25, -0.2) is 13.4 Å².